The lowest BCUT2D eigenvalue weighted by Crippen LogP contribution is -2.29. The minimum atomic E-state index is -0.851. The largest absolute Gasteiger partial charge is 0.396 e. The molecule has 0 bridgehead atoms. The molecule has 0 amide bonds. The molecule has 0 aliphatic carbocycles. The van der Waals surface area contributed by atoms with Crippen LogP contribution in [0.4, 0.5) is 0 Å². The number of carbonyl (C=O) groups excluding carboxylic acids is 2. The van der Waals surface area contributed by atoms with Crippen LogP contribution in [0.2, 0.25) is 0 Å². The molecular formula is C14H26O7. The predicted molar refractivity (Wildman–Crippen MR) is 73.5 cm³/mol. The first-order valence-corrected chi connectivity index (χ1v) is 7.43. The third kappa shape index (κ3) is 9.38. The van der Waals surface area contributed by atoms with Crippen molar-refractivity contribution in [1.82, 2.24) is 0 Å². The number of rotatable bonds is 12. The van der Waals surface area contributed by atoms with E-state index < -0.39 is 24.0 Å². The van der Waals surface area contributed by atoms with Gasteiger partial charge < -0.3 is 10.2 Å². The molecule has 0 aliphatic heterocycles. The molecule has 0 saturated heterocycles. The molecule has 7 nitrogen and oxygen atoms in total. The van der Waals surface area contributed by atoms with Gasteiger partial charge in [0.1, 0.15) is 0 Å². The van der Waals surface area contributed by atoms with E-state index in [0.717, 1.165) is 6.42 Å². The molecule has 7 heteroatoms. The minimum Gasteiger partial charge on any atom is -0.396 e. The van der Waals surface area contributed by atoms with E-state index in [1.54, 1.807) is 13.8 Å². The van der Waals surface area contributed by atoms with E-state index in [0.29, 0.717) is 32.1 Å². The first-order chi connectivity index (χ1) is 10.1. The molecule has 0 heterocycles. The van der Waals surface area contributed by atoms with Crippen molar-refractivity contribution in [2.75, 3.05) is 6.61 Å². The quantitative estimate of drug-likeness (QED) is 0.321. The van der Waals surface area contributed by atoms with Gasteiger partial charge in [-0.2, -0.15) is 0 Å². The Bertz CT molecular complexity index is 293. The van der Waals surface area contributed by atoms with Crippen LogP contribution >= 0.6 is 0 Å². The fourth-order valence-corrected chi connectivity index (χ4v) is 1.84. The minimum absolute atomic E-state index is 0.117. The molecule has 0 spiro atoms. The van der Waals surface area contributed by atoms with Gasteiger partial charge in [0.15, 0.2) is 0 Å². The van der Waals surface area contributed by atoms with Crippen LogP contribution in [0.1, 0.15) is 58.8 Å². The van der Waals surface area contributed by atoms with Gasteiger partial charge in [0.2, 0.25) is 0 Å². The van der Waals surface area contributed by atoms with Crippen molar-refractivity contribution in [2.24, 2.45) is 5.92 Å². The predicted octanol–water partition coefficient (Wildman–Crippen LogP) is 1.66. The Morgan fingerprint density at radius 1 is 1.10 bits per heavy atom. The Hall–Kier alpha value is -1.18. The number of hydrogen-bond acceptors (Lipinski definition) is 7. The van der Waals surface area contributed by atoms with E-state index >= 15 is 0 Å². The van der Waals surface area contributed by atoms with Gasteiger partial charge in [-0.1, -0.05) is 26.7 Å². The van der Waals surface area contributed by atoms with Crippen molar-refractivity contribution >= 4 is 11.9 Å². The molecule has 0 fully saturated rings. The maximum atomic E-state index is 11.7. The van der Waals surface area contributed by atoms with Gasteiger partial charge in [-0.15, -0.1) is 0 Å². The number of aliphatic hydroxyl groups excluding tert-OH is 2. The first kappa shape index (κ1) is 19.8. The fraction of sp³-hybridized carbons (Fsp3) is 0.857. The number of carbonyl (C=O) groups is 2. The Balaban J connectivity index is 4.01. The molecule has 0 radical (unpaired) electrons. The topological polar surface area (TPSA) is 102 Å². The maximum Gasteiger partial charge on any atom is 0.352 e. The smallest absolute Gasteiger partial charge is 0.352 e. The Morgan fingerprint density at radius 3 is 2.38 bits per heavy atom. The molecule has 2 atom stereocenters. The molecule has 2 unspecified atom stereocenters. The summed E-state index contributed by atoms with van der Waals surface area (Å²) in [6, 6.07) is 0. The van der Waals surface area contributed by atoms with Crippen molar-refractivity contribution in [3.05, 3.63) is 0 Å². The maximum absolute atomic E-state index is 11.7. The molecule has 0 aromatic heterocycles. The monoisotopic (exact) mass is 306 g/mol. The average molecular weight is 306 g/mol. The highest BCUT2D eigenvalue weighted by atomic mass is 17.5. The van der Waals surface area contributed by atoms with Gasteiger partial charge >= 0.3 is 11.9 Å². The van der Waals surface area contributed by atoms with Gasteiger partial charge in [0, 0.05) is 18.1 Å². The number of unbranched alkanes of at least 4 members (excludes halogenated alkanes) is 2. The summed E-state index contributed by atoms with van der Waals surface area (Å²) in [6.45, 7) is 3.66. The van der Waals surface area contributed by atoms with Gasteiger partial charge in [0.05, 0.1) is 12.0 Å². The Morgan fingerprint density at radius 2 is 1.81 bits per heavy atom. The fourth-order valence-electron chi connectivity index (χ4n) is 1.84. The van der Waals surface area contributed by atoms with E-state index in [-0.39, 0.29) is 13.0 Å². The molecule has 0 saturated carbocycles. The normalized spacial score (nSPS) is 13.5. The summed E-state index contributed by atoms with van der Waals surface area (Å²) >= 11 is 0. The second kappa shape index (κ2) is 12.6. The summed E-state index contributed by atoms with van der Waals surface area (Å²) in [5.41, 5.74) is 0. The van der Waals surface area contributed by atoms with Crippen LogP contribution in [0.25, 0.3) is 0 Å². The lowest BCUT2D eigenvalue weighted by atomic mass is 9.95. The summed E-state index contributed by atoms with van der Waals surface area (Å²) in [4.78, 5) is 31.3. The molecule has 124 valence electrons. The van der Waals surface area contributed by atoms with Gasteiger partial charge in [-0.05, 0) is 25.7 Å². The molecule has 21 heavy (non-hydrogen) atoms. The summed E-state index contributed by atoms with van der Waals surface area (Å²) < 4.78 is 0. The van der Waals surface area contributed by atoms with Crippen molar-refractivity contribution in [1.29, 1.82) is 0 Å². The zero-order valence-electron chi connectivity index (χ0n) is 12.7. The summed E-state index contributed by atoms with van der Waals surface area (Å²) in [7, 11) is 0. The zero-order chi connectivity index (χ0) is 16.1. The lowest BCUT2D eigenvalue weighted by molar-refractivity contribution is -0.461. The molecule has 0 aromatic rings. The lowest BCUT2D eigenvalue weighted by Gasteiger charge is -2.18. The van der Waals surface area contributed by atoms with E-state index in [1.165, 1.54) is 0 Å². The van der Waals surface area contributed by atoms with Crippen molar-refractivity contribution in [3.63, 3.8) is 0 Å². The van der Waals surface area contributed by atoms with Crippen LogP contribution in [0.15, 0.2) is 0 Å². The SMILES string of the molecule is CCCC(=O)OOOC(=O)C(CC)C(O)CCCCCO. The second-order valence-corrected chi connectivity index (χ2v) is 4.83. The van der Waals surface area contributed by atoms with E-state index in [2.05, 4.69) is 14.8 Å². The van der Waals surface area contributed by atoms with Crippen LogP contribution in [0, 0.1) is 5.92 Å². The van der Waals surface area contributed by atoms with Gasteiger partial charge in [-0.3, -0.25) is 9.78 Å². The highest BCUT2D eigenvalue weighted by Crippen LogP contribution is 2.17. The second-order valence-electron chi connectivity index (χ2n) is 4.83. The summed E-state index contributed by atoms with van der Waals surface area (Å²) in [6.07, 6.45) is 2.89. The van der Waals surface area contributed by atoms with E-state index in [1.807, 2.05) is 0 Å². The zero-order valence-corrected chi connectivity index (χ0v) is 12.7. The van der Waals surface area contributed by atoms with Gasteiger partial charge in [-0.25, -0.2) is 9.59 Å². The molecule has 2 N–H and O–H groups in total. The summed E-state index contributed by atoms with van der Waals surface area (Å²) in [5.74, 6) is -2.12. The highest BCUT2D eigenvalue weighted by Gasteiger charge is 2.27. The van der Waals surface area contributed by atoms with Crippen LogP contribution in [-0.2, 0) is 24.4 Å². The summed E-state index contributed by atoms with van der Waals surface area (Å²) in [5, 5.41) is 22.7. The molecule has 0 aliphatic rings. The van der Waals surface area contributed by atoms with Crippen molar-refractivity contribution < 1.29 is 34.6 Å². The van der Waals surface area contributed by atoms with Crippen LogP contribution in [0.3, 0.4) is 0 Å². The molecule has 0 aromatic carbocycles. The molecular weight excluding hydrogens is 280 g/mol. The van der Waals surface area contributed by atoms with E-state index in [4.69, 9.17) is 5.11 Å². The average Bonchev–Trinajstić information content (AvgIpc) is 2.44. The Kier molecular flexibility index (Phi) is 11.8. The standard InChI is InChI=1S/C14H26O7/c1-3-8-13(17)19-21-20-14(18)11(4-2)12(16)9-6-5-7-10-15/h11-12,15-16H,3-10H2,1-2H3. The highest BCUT2D eigenvalue weighted by molar-refractivity contribution is 5.72. The van der Waals surface area contributed by atoms with E-state index in [9.17, 15) is 14.7 Å². The van der Waals surface area contributed by atoms with Crippen molar-refractivity contribution in [2.45, 2.75) is 64.9 Å². The number of aliphatic hydroxyl groups is 2. The third-order valence-corrected chi connectivity index (χ3v) is 3.06. The van der Waals surface area contributed by atoms with Crippen LogP contribution in [0.5, 0.6) is 0 Å². The van der Waals surface area contributed by atoms with Crippen molar-refractivity contribution in [3.8, 4) is 0 Å². The first-order valence-electron chi connectivity index (χ1n) is 7.43. The third-order valence-electron chi connectivity index (χ3n) is 3.06. The van der Waals surface area contributed by atoms with Crippen LogP contribution < -0.4 is 0 Å². The van der Waals surface area contributed by atoms with Gasteiger partial charge in [0.25, 0.3) is 0 Å². The molecule has 0 rings (SSSR count). The Labute approximate surface area is 125 Å². The van der Waals surface area contributed by atoms with Crippen LogP contribution in [-0.4, -0.2) is 34.9 Å². The number of hydrogen-bond donors (Lipinski definition) is 2.